The molecule has 0 spiro atoms. The first-order valence-corrected chi connectivity index (χ1v) is 5.66. The van der Waals surface area contributed by atoms with Gasteiger partial charge in [-0.3, -0.25) is 4.68 Å². The second kappa shape index (κ2) is 4.61. The Morgan fingerprint density at radius 3 is 2.75 bits per heavy atom. The van der Waals surface area contributed by atoms with Crippen molar-refractivity contribution in [1.82, 2.24) is 9.78 Å². The number of rotatable bonds is 3. The average molecular weight is 234 g/mol. The Hall–Kier alpha value is -1.42. The molecule has 0 saturated carbocycles. The highest BCUT2D eigenvalue weighted by molar-refractivity contribution is 7.79. The summed E-state index contributed by atoms with van der Waals surface area (Å²) in [6.45, 7) is 0. The molecule has 1 aromatic carbocycles. The zero-order valence-electron chi connectivity index (χ0n) is 9.34. The van der Waals surface area contributed by atoms with Crippen molar-refractivity contribution >= 4 is 12.6 Å². The Bertz CT molecular complexity index is 494. The lowest BCUT2D eigenvalue weighted by atomic mass is 10.1. The number of para-hydroxylation sites is 1. The highest BCUT2D eigenvalue weighted by Crippen LogP contribution is 2.29. The summed E-state index contributed by atoms with van der Waals surface area (Å²) in [6.07, 6.45) is 0. The number of hydrogen-bond donors (Lipinski definition) is 1. The summed E-state index contributed by atoms with van der Waals surface area (Å²) in [4.78, 5) is 0. The zero-order valence-corrected chi connectivity index (χ0v) is 10.2. The molecule has 3 nitrogen and oxygen atoms in total. The lowest BCUT2D eigenvalue weighted by Gasteiger charge is -2.07. The lowest BCUT2D eigenvalue weighted by molar-refractivity contribution is 0.416. The molecule has 0 fully saturated rings. The largest absolute Gasteiger partial charge is 0.496 e. The quantitative estimate of drug-likeness (QED) is 0.826. The van der Waals surface area contributed by atoms with Gasteiger partial charge in [-0.15, -0.1) is 0 Å². The normalized spacial score (nSPS) is 10.4. The van der Waals surface area contributed by atoms with Gasteiger partial charge < -0.3 is 4.74 Å². The molecule has 0 bridgehead atoms. The third kappa shape index (κ3) is 1.93. The van der Waals surface area contributed by atoms with Gasteiger partial charge in [0.05, 0.1) is 18.5 Å². The molecular formula is C12H14N2OS. The van der Waals surface area contributed by atoms with Crippen LogP contribution in [0.3, 0.4) is 0 Å². The average Bonchev–Trinajstić information content (AvgIpc) is 2.70. The van der Waals surface area contributed by atoms with Gasteiger partial charge in [0.1, 0.15) is 5.75 Å². The van der Waals surface area contributed by atoms with Crippen LogP contribution in [0.2, 0.25) is 0 Å². The fourth-order valence-corrected chi connectivity index (χ4v) is 1.87. The van der Waals surface area contributed by atoms with Gasteiger partial charge >= 0.3 is 0 Å². The lowest BCUT2D eigenvalue weighted by Crippen LogP contribution is -1.96. The maximum Gasteiger partial charge on any atom is 0.128 e. The molecule has 84 valence electrons. The second-order valence-electron chi connectivity index (χ2n) is 3.50. The molecule has 2 aromatic rings. The van der Waals surface area contributed by atoms with Gasteiger partial charge in [-0.2, -0.15) is 17.7 Å². The molecule has 0 saturated heterocycles. The van der Waals surface area contributed by atoms with E-state index in [0.29, 0.717) is 5.75 Å². The molecule has 16 heavy (non-hydrogen) atoms. The van der Waals surface area contributed by atoms with Crippen LogP contribution in [0.1, 0.15) is 5.69 Å². The molecule has 0 N–H and O–H groups in total. The van der Waals surface area contributed by atoms with Gasteiger partial charge in [0, 0.05) is 18.4 Å². The Morgan fingerprint density at radius 1 is 1.38 bits per heavy atom. The predicted octanol–water partition coefficient (Wildman–Crippen LogP) is 2.53. The van der Waals surface area contributed by atoms with Crippen LogP contribution in [0.4, 0.5) is 0 Å². The number of hydrogen-bond acceptors (Lipinski definition) is 3. The van der Waals surface area contributed by atoms with E-state index in [1.165, 1.54) is 0 Å². The zero-order chi connectivity index (χ0) is 11.5. The SMILES string of the molecule is COc1ccccc1-c1cc(CS)nn1C. The molecule has 0 amide bonds. The van der Waals surface area contributed by atoms with Crippen molar-refractivity contribution in [2.24, 2.45) is 7.05 Å². The topological polar surface area (TPSA) is 27.1 Å². The van der Waals surface area contributed by atoms with Gasteiger partial charge in [-0.25, -0.2) is 0 Å². The standard InChI is InChI=1S/C12H14N2OS/c1-14-11(7-9(8-16)13-14)10-5-3-4-6-12(10)15-2/h3-7,16H,8H2,1-2H3. The fourth-order valence-electron chi connectivity index (χ4n) is 1.71. The van der Waals surface area contributed by atoms with Crippen LogP contribution in [0.15, 0.2) is 30.3 Å². The second-order valence-corrected chi connectivity index (χ2v) is 3.82. The summed E-state index contributed by atoms with van der Waals surface area (Å²) >= 11 is 4.22. The van der Waals surface area contributed by atoms with E-state index in [1.807, 2.05) is 42.1 Å². The van der Waals surface area contributed by atoms with E-state index in [-0.39, 0.29) is 0 Å². The molecule has 2 rings (SSSR count). The van der Waals surface area contributed by atoms with Crippen molar-refractivity contribution in [3.63, 3.8) is 0 Å². The summed E-state index contributed by atoms with van der Waals surface area (Å²) in [5.74, 6) is 1.50. The maximum absolute atomic E-state index is 5.34. The molecule has 1 aromatic heterocycles. The van der Waals surface area contributed by atoms with Crippen molar-refractivity contribution in [3.8, 4) is 17.0 Å². The first kappa shape index (κ1) is 11.1. The van der Waals surface area contributed by atoms with E-state index >= 15 is 0 Å². The molecule has 0 unspecified atom stereocenters. The third-order valence-electron chi connectivity index (χ3n) is 2.48. The Morgan fingerprint density at radius 2 is 2.12 bits per heavy atom. The summed E-state index contributed by atoms with van der Waals surface area (Å²) in [5, 5.41) is 4.37. The minimum atomic E-state index is 0.642. The predicted molar refractivity (Wildman–Crippen MR) is 67.9 cm³/mol. The fraction of sp³-hybridized carbons (Fsp3) is 0.250. The molecule has 0 atom stereocenters. The Kier molecular flexibility index (Phi) is 3.19. The van der Waals surface area contributed by atoms with Gasteiger partial charge in [-0.1, -0.05) is 12.1 Å². The minimum Gasteiger partial charge on any atom is -0.496 e. The van der Waals surface area contributed by atoms with Crippen LogP contribution in [-0.2, 0) is 12.8 Å². The summed E-state index contributed by atoms with van der Waals surface area (Å²) in [6, 6.07) is 9.95. The Labute approximate surface area is 100 Å². The van der Waals surface area contributed by atoms with Crippen LogP contribution in [0.5, 0.6) is 5.75 Å². The van der Waals surface area contributed by atoms with E-state index in [1.54, 1.807) is 7.11 Å². The number of thiol groups is 1. The maximum atomic E-state index is 5.34. The van der Waals surface area contributed by atoms with Crippen LogP contribution in [0, 0.1) is 0 Å². The number of ether oxygens (including phenoxy) is 1. The van der Waals surface area contributed by atoms with Gasteiger partial charge in [0.25, 0.3) is 0 Å². The number of aromatic nitrogens is 2. The molecule has 4 heteroatoms. The highest BCUT2D eigenvalue weighted by atomic mass is 32.1. The van der Waals surface area contributed by atoms with Crippen LogP contribution >= 0.6 is 12.6 Å². The van der Waals surface area contributed by atoms with E-state index in [4.69, 9.17) is 4.74 Å². The molecule has 1 heterocycles. The molecule has 0 aliphatic heterocycles. The van der Waals surface area contributed by atoms with Gasteiger partial charge in [0.15, 0.2) is 0 Å². The van der Waals surface area contributed by atoms with E-state index in [0.717, 1.165) is 22.7 Å². The highest BCUT2D eigenvalue weighted by Gasteiger charge is 2.10. The van der Waals surface area contributed by atoms with Crippen molar-refractivity contribution in [1.29, 1.82) is 0 Å². The molecule has 0 aliphatic rings. The summed E-state index contributed by atoms with van der Waals surface area (Å²) < 4.78 is 7.19. The number of methoxy groups -OCH3 is 1. The van der Waals surface area contributed by atoms with E-state index in [2.05, 4.69) is 17.7 Å². The third-order valence-corrected chi connectivity index (χ3v) is 2.80. The monoisotopic (exact) mass is 234 g/mol. The molecule has 0 radical (unpaired) electrons. The van der Waals surface area contributed by atoms with Crippen molar-refractivity contribution < 1.29 is 4.74 Å². The molecule has 0 aliphatic carbocycles. The van der Waals surface area contributed by atoms with Crippen LogP contribution < -0.4 is 4.74 Å². The van der Waals surface area contributed by atoms with Crippen molar-refractivity contribution in [2.75, 3.05) is 7.11 Å². The van der Waals surface area contributed by atoms with Crippen LogP contribution in [0.25, 0.3) is 11.3 Å². The number of benzene rings is 1. The van der Waals surface area contributed by atoms with Gasteiger partial charge in [0.2, 0.25) is 0 Å². The Balaban J connectivity index is 2.53. The van der Waals surface area contributed by atoms with E-state index in [9.17, 15) is 0 Å². The van der Waals surface area contributed by atoms with Gasteiger partial charge in [-0.05, 0) is 18.2 Å². The van der Waals surface area contributed by atoms with Crippen molar-refractivity contribution in [2.45, 2.75) is 5.75 Å². The molecular weight excluding hydrogens is 220 g/mol. The smallest absolute Gasteiger partial charge is 0.128 e. The number of aryl methyl sites for hydroxylation is 1. The minimum absolute atomic E-state index is 0.642. The van der Waals surface area contributed by atoms with E-state index < -0.39 is 0 Å². The van der Waals surface area contributed by atoms with Crippen LogP contribution in [-0.4, -0.2) is 16.9 Å². The summed E-state index contributed by atoms with van der Waals surface area (Å²) in [5.41, 5.74) is 3.06. The summed E-state index contributed by atoms with van der Waals surface area (Å²) in [7, 11) is 3.60. The first-order chi connectivity index (χ1) is 7.76. The first-order valence-electron chi connectivity index (χ1n) is 5.03. The van der Waals surface area contributed by atoms with Crippen molar-refractivity contribution in [3.05, 3.63) is 36.0 Å². The number of nitrogens with zero attached hydrogens (tertiary/aromatic N) is 2.